The zero-order valence-electron chi connectivity index (χ0n) is 18.1. The van der Waals surface area contributed by atoms with Crippen molar-refractivity contribution in [3.63, 3.8) is 0 Å². The number of ketones is 1. The Balaban J connectivity index is 1.72. The molecule has 1 atom stereocenters. The van der Waals surface area contributed by atoms with E-state index < -0.39 is 23.6 Å². The van der Waals surface area contributed by atoms with Crippen molar-refractivity contribution in [2.75, 3.05) is 0 Å². The minimum absolute atomic E-state index is 0.0373. The van der Waals surface area contributed by atoms with Crippen LogP contribution in [0, 0.1) is 0 Å². The third-order valence-corrected chi connectivity index (χ3v) is 7.13. The maximum absolute atomic E-state index is 13.8. The van der Waals surface area contributed by atoms with Crippen LogP contribution in [-0.2, 0) is 4.79 Å². The molecule has 0 amide bonds. The van der Waals surface area contributed by atoms with Gasteiger partial charge in [0.1, 0.15) is 11.7 Å². The molecule has 0 aliphatic carbocycles. The third-order valence-electron chi connectivity index (χ3n) is 5.98. The van der Waals surface area contributed by atoms with Crippen LogP contribution in [0.3, 0.4) is 0 Å². The first-order chi connectivity index (χ1) is 16.8. The highest BCUT2D eigenvalue weighted by atomic mass is 32.1. The number of aromatic carboxylic acids is 1. The van der Waals surface area contributed by atoms with Gasteiger partial charge in [0.2, 0.25) is 0 Å². The Kier molecular flexibility index (Phi) is 5.55. The number of fused-ring (bicyclic) bond motifs is 3. The molecule has 1 unspecified atom stereocenters. The Hall–Kier alpha value is -4.49. The second-order valence-corrected chi connectivity index (χ2v) is 9.16. The molecule has 1 aromatic heterocycles. The van der Waals surface area contributed by atoms with Crippen LogP contribution in [0.1, 0.15) is 43.3 Å². The fraction of sp³-hybridized carbons (Fsp3) is 0.0357. The number of phenolic OH excluding ortho intramolecular Hbond substituents is 1. The minimum Gasteiger partial charge on any atom is -0.508 e. The molecular weight excluding hydrogens is 464 g/mol. The van der Waals surface area contributed by atoms with Crippen molar-refractivity contribution >= 4 is 49.2 Å². The first-order valence-electron chi connectivity index (χ1n) is 10.7. The van der Waals surface area contributed by atoms with Gasteiger partial charge in [-0.3, -0.25) is 9.59 Å². The van der Waals surface area contributed by atoms with Crippen molar-refractivity contribution in [1.29, 1.82) is 0 Å². The van der Waals surface area contributed by atoms with E-state index >= 15 is 0 Å². The van der Waals surface area contributed by atoms with E-state index in [2.05, 4.69) is 0 Å². The van der Waals surface area contributed by atoms with E-state index in [1.165, 1.54) is 42.5 Å². The molecular formula is C28H18O6S. The van der Waals surface area contributed by atoms with Gasteiger partial charge in [-0.2, -0.15) is 0 Å². The van der Waals surface area contributed by atoms with Crippen LogP contribution >= 0.6 is 11.3 Å². The summed E-state index contributed by atoms with van der Waals surface area (Å²) in [6, 6.07) is 22.8. The molecule has 0 radical (unpaired) electrons. The molecule has 7 heteroatoms. The zero-order chi connectivity index (χ0) is 24.7. The van der Waals surface area contributed by atoms with Gasteiger partial charge in [0.15, 0.2) is 5.78 Å². The lowest BCUT2D eigenvalue weighted by molar-refractivity contribution is -0.137. The Morgan fingerprint density at radius 3 is 2.17 bits per heavy atom. The van der Waals surface area contributed by atoms with Crippen LogP contribution in [0.5, 0.6) is 5.75 Å². The number of phenols is 1. The zero-order valence-corrected chi connectivity index (χ0v) is 19.0. The van der Waals surface area contributed by atoms with Gasteiger partial charge in [0.25, 0.3) is 0 Å². The lowest BCUT2D eigenvalue weighted by Gasteiger charge is -2.19. The first kappa shape index (κ1) is 22.3. The lowest BCUT2D eigenvalue weighted by Crippen LogP contribution is -2.20. The highest BCUT2D eigenvalue weighted by Crippen LogP contribution is 2.36. The molecule has 0 aliphatic rings. The quantitative estimate of drug-likeness (QED) is 0.260. The van der Waals surface area contributed by atoms with E-state index in [4.69, 9.17) is 0 Å². The molecule has 1 heterocycles. The Bertz CT molecular complexity index is 1630. The van der Waals surface area contributed by atoms with Crippen LogP contribution in [0.15, 0.2) is 84.9 Å². The number of carboxylic acids is 2. The Morgan fingerprint density at radius 1 is 0.743 bits per heavy atom. The number of hydrogen-bond donors (Lipinski definition) is 3. The number of benzene rings is 4. The molecule has 6 nitrogen and oxygen atoms in total. The summed E-state index contributed by atoms with van der Waals surface area (Å²) >= 11 is 1.59. The molecule has 0 spiro atoms. The summed E-state index contributed by atoms with van der Waals surface area (Å²) in [5.74, 6) is -4.48. The van der Waals surface area contributed by atoms with E-state index in [-0.39, 0.29) is 28.0 Å². The van der Waals surface area contributed by atoms with E-state index in [0.29, 0.717) is 5.56 Å². The normalized spacial score (nSPS) is 12.0. The van der Waals surface area contributed by atoms with Crippen molar-refractivity contribution in [2.24, 2.45) is 0 Å². The fourth-order valence-electron chi connectivity index (χ4n) is 4.38. The molecule has 0 bridgehead atoms. The molecule has 0 saturated carbocycles. The summed E-state index contributed by atoms with van der Waals surface area (Å²) in [5, 5.41) is 31.4. The predicted octanol–water partition coefficient (Wildman–Crippen LogP) is 5.91. The summed E-state index contributed by atoms with van der Waals surface area (Å²) in [5.41, 5.74) is 0.215. The van der Waals surface area contributed by atoms with Crippen LogP contribution in [0.4, 0.5) is 0 Å². The van der Waals surface area contributed by atoms with Crippen molar-refractivity contribution in [2.45, 2.75) is 5.92 Å². The second kappa shape index (κ2) is 8.70. The largest absolute Gasteiger partial charge is 0.508 e. The number of aromatic hydroxyl groups is 1. The van der Waals surface area contributed by atoms with E-state index in [0.717, 1.165) is 20.2 Å². The number of aliphatic carboxylic acids is 1. The minimum atomic E-state index is -1.33. The Labute approximate surface area is 203 Å². The van der Waals surface area contributed by atoms with Crippen LogP contribution in [0.2, 0.25) is 0 Å². The highest BCUT2D eigenvalue weighted by molar-refractivity contribution is 7.25. The number of carbonyl (C=O) groups is 3. The number of hydrogen-bond acceptors (Lipinski definition) is 5. The van der Waals surface area contributed by atoms with Crippen LogP contribution in [0.25, 0.3) is 20.2 Å². The predicted molar refractivity (Wildman–Crippen MR) is 134 cm³/mol. The van der Waals surface area contributed by atoms with Crippen LogP contribution in [-0.4, -0.2) is 33.0 Å². The third kappa shape index (κ3) is 3.92. The maximum atomic E-state index is 13.8. The molecule has 35 heavy (non-hydrogen) atoms. The van der Waals surface area contributed by atoms with Gasteiger partial charge in [-0.05, 0) is 53.6 Å². The van der Waals surface area contributed by atoms with Gasteiger partial charge >= 0.3 is 11.9 Å². The lowest BCUT2D eigenvalue weighted by atomic mass is 9.83. The summed E-state index contributed by atoms with van der Waals surface area (Å²) in [6.07, 6.45) is 0. The van der Waals surface area contributed by atoms with Crippen molar-refractivity contribution in [3.05, 3.63) is 113 Å². The smallest absolute Gasteiger partial charge is 0.336 e. The number of carboxylic acid groups (broad SMARTS) is 2. The maximum Gasteiger partial charge on any atom is 0.336 e. The second-order valence-electron chi connectivity index (χ2n) is 8.08. The van der Waals surface area contributed by atoms with Gasteiger partial charge in [-0.1, -0.05) is 42.5 Å². The number of rotatable bonds is 6. The molecule has 0 aliphatic heterocycles. The highest BCUT2D eigenvalue weighted by Gasteiger charge is 2.31. The van der Waals surface area contributed by atoms with Gasteiger partial charge in [0.05, 0.1) is 5.56 Å². The van der Waals surface area contributed by atoms with Crippen molar-refractivity contribution in [1.82, 2.24) is 0 Å². The fourth-order valence-corrected chi connectivity index (χ4v) is 5.46. The SMILES string of the molecule is O=C(O)c1cccc(C(C(=O)O)c2ccc(O)cc2)c1C(=O)c1ccc2sc3ccccc3c2c1. The molecule has 4 aromatic carbocycles. The van der Waals surface area contributed by atoms with E-state index in [9.17, 15) is 29.7 Å². The summed E-state index contributed by atoms with van der Waals surface area (Å²) in [4.78, 5) is 38.3. The van der Waals surface area contributed by atoms with Gasteiger partial charge in [-0.25, -0.2) is 4.79 Å². The summed E-state index contributed by atoms with van der Waals surface area (Å²) in [7, 11) is 0. The molecule has 0 saturated heterocycles. The van der Waals surface area contributed by atoms with Crippen molar-refractivity contribution in [3.8, 4) is 5.75 Å². The monoisotopic (exact) mass is 482 g/mol. The topological polar surface area (TPSA) is 112 Å². The average Bonchev–Trinajstić information content (AvgIpc) is 3.22. The standard InChI is InChI=1S/C28H18O6S/c29-17-11-8-15(9-12-17)24(28(33)34)19-5-3-6-20(27(31)32)25(19)26(30)16-10-13-23-21(14-16)18-4-1-2-7-22(18)35-23/h1-14,24,29H,(H,31,32)(H,33,34). The summed E-state index contributed by atoms with van der Waals surface area (Å²) < 4.78 is 2.05. The average molecular weight is 483 g/mol. The van der Waals surface area contributed by atoms with Gasteiger partial charge < -0.3 is 15.3 Å². The number of thiophene rings is 1. The number of carbonyl (C=O) groups excluding carboxylic acids is 1. The van der Waals surface area contributed by atoms with E-state index in [1.807, 2.05) is 30.3 Å². The molecule has 5 aromatic rings. The summed E-state index contributed by atoms with van der Waals surface area (Å²) in [6.45, 7) is 0. The van der Waals surface area contributed by atoms with E-state index in [1.54, 1.807) is 23.5 Å². The molecule has 3 N–H and O–H groups in total. The van der Waals surface area contributed by atoms with Crippen LogP contribution < -0.4 is 0 Å². The van der Waals surface area contributed by atoms with Gasteiger partial charge in [0, 0.05) is 31.3 Å². The molecule has 5 rings (SSSR count). The molecule has 172 valence electrons. The first-order valence-corrected chi connectivity index (χ1v) is 11.5. The van der Waals surface area contributed by atoms with Gasteiger partial charge in [-0.15, -0.1) is 11.3 Å². The Morgan fingerprint density at radius 2 is 1.46 bits per heavy atom. The van der Waals surface area contributed by atoms with Crippen molar-refractivity contribution < 1.29 is 29.7 Å². The molecule has 0 fully saturated rings.